The maximum atomic E-state index is 13.7. The summed E-state index contributed by atoms with van der Waals surface area (Å²) in [5, 5.41) is 1.24. The molecule has 1 N–H and O–H groups in total. The van der Waals surface area contributed by atoms with Crippen LogP contribution in [0.2, 0.25) is 0 Å². The molecule has 5 rings (SSSR count). The topological polar surface area (TPSA) is 45.3 Å². The minimum absolute atomic E-state index is 0.0238. The highest BCUT2D eigenvalue weighted by Gasteiger charge is 2.35. The highest BCUT2D eigenvalue weighted by Crippen LogP contribution is 2.40. The molecule has 31 heavy (non-hydrogen) atoms. The number of fused-ring (bicyclic) bond motifs is 3. The van der Waals surface area contributed by atoms with E-state index in [4.69, 9.17) is 4.74 Å². The van der Waals surface area contributed by atoms with Gasteiger partial charge in [-0.2, -0.15) is 0 Å². The SMILES string of the molecule is CCOc1ccc(C2c3[nH]c4ccccc4c3CCN2C(=O)c2ccccc2Br)cc1. The Morgan fingerprint density at radius 2 is 1.81 bits per heavy atom. The van der Waals surface area contributed by atoms with Gasteiger partial charge in [-0.15, -0.1) is 0 Å². The van der Waals surface area contributed by atoms with E-state index in [2.05, 4.69) is 51.2 Å². The Labute approximate surface area is 190 Å². The Morgan fingerprint density at radius 1 is 1.06 bits per heavy atom. The number of amides is 1. The molecule has 4 aromatic rings. The summed E-state index contributed by atoms with van der Waals surface area (Å²) in [6.07, 6.45) is 0.822. The highest BCUT2D eigenvalue weighted by atomic mass is 79.9. The fourth-order valence-corrected chi connectivity index (χ4v) is 4.96. The lowest BCUT2D eigenvalue weighted by Gasteiger charge is -2.36. The molecule has 0 fully saturated rings. The zero-order valence-electron chi connectivity index (χ0n) is 17.3. The fraction of sp³-hybridized carbons (Fsp3) is 0.192. The van der Waals surface area contributed by atoms with Crippen LogP contribution >= 0.6 is 15.9 Å². The Bertz CT molecular complexity index is 1250. The number of ether oxygens (including phenoxy) is 1. The third kappa shape index (κ3) is 3.53. The molecule has 4 nitrogen and oxygen atoms in total. The Morgan fingerprint density at radius 3 is 2.58 bits per heavy atom. The minimum Gasteiger partial charge on any atom is -0.494 e. The summed E-state index contributed by atoms with van der Waals surface area (Å²) in [5.74, 6) is 0.860. The predicted octanol–water partition coefficient (Wildman–Crippen LogP) is 6.12. The first-order valence-corrected chi connectivity index (χ1v) is 11.3. The van der Waals surface area contributed by atoms with Gasteiger partial charge in [0.1, 0.15) is 5.75 Å². The molecule has 1 amide bonds. The van der Waals surface area contributed by atoms with Crippen LogP contribution in [0, 0.1) is 0 Å². The van der Waals surface area contributed by atoms with Gasteiger partial charge in [0.2, 0.25) is 0 Å². The molecule has 0 radical (unpaired) electrons. The summed E-state index contributed by atoms with van der Waals surface area (Å²) in [4.78, 5) is 19.3. The summed E-state index contributed by atoms with van der Waals surface area (Å²) in [6, 6.07) is 23.9. The van der Waals surface area contributed by atoms with Crippen LogP contribution in [-0.2, 0) is 6.42 Å². The number of carbonyl (C=O) groups excluding carboxylic acids is 1. The summed E-state index contributed by atoms with van der Waals surface area (Å²) in [6.45, 7) is 3.26. The molecule has 156 valence electrons. The summed E-state index contributed by atoms with van der Waals surface area (Å²) in [5.41, 5.74) is 5.25. The van der Waals surface area contributed by atoms with Gasteiger partial charge in [0.05, 0.1) is 18.2 Å². The zero-order valence-corrected chi connectivity index (χ0v) is 18.9. The second-order valence-corrected chi connectivity index (χ2v) is 8.55. The van der Waals surface area contributed by atoms with Gasteiger partial charge in [-0.1, -0.05) is 42.5 Å². The molecule has 0 bridgehead atoms. The average molecular weight is 475 g/mol. The second-order valence-electron chi connectivity index (χ2n) is 7.70. The molecule has 2 heterocycles. The lowest BCUT2D eigenvalue weighted by Crippen LogP contribution is -2.40. The molecule has 0 aliphatic carbocycles. The number of carbonyl (C=O) groups is 1. The van der Waals surface area contributed by atoms with Gasteiger partial charge in [-0.3, -0.25) is 4.79 Å². The van der Waals surface area contributed by atoms with Gasteiger partial charge in [0, 0.05) is 27.6 Å². The lowest BCUT2D eigenvalue weighted by molar-refractivity contribution is 0.0691. The first kappa shape index (κ1) is 19.9. The lowest BCUT2D eigenvalue weighted by atomic mass is 9.91. The molecular weight excluding hydrogens is 452 g/mol. The molecule has 0 spiro atoms. The predicted molar refractivity (Wildman–Crippen MR) is 127 cm³/mol. The average Bonchev–Trinajstić information content (AvgIpc) is 3.18. The first-order chi connectivity index (χ1) is 15.2. The molecule has 1 unspecified atom stereocenters. The van der Waals surface area contributed by atoms with Crippen LogP contribution in [-0.4, -0.2) is 28.9 Å². The molecule has 0 saturated carbocycles. The van der Waals surface area contributed by atoms with E-state index in [0.29, 0.717) is 18.7 Å². The molecule has 3 aromatic carbocycles. The van der Waals surface area contributed by atoms with Crippen molar-refractivity contribution in [2.75, 3.05) is 13.2 Å². The number of hydrogen-bond donors (Lipinski definition) is 1. The van der Waals surface area contributed by atoms with Crippen LogP contribution < -0.4 is 4.74 Å². The van der Waals surface area contributed by atoms with E-state index in [1.165, 1.54) is 10.9 Å². The number of benzene rings is 3. The maximum Gasteiger partial charge on any atom is 0.255 e. The number of H-pyrrole nitrogens is 1. The molecule has 5 heteroatoms. The third-order valence-corrected chi connectivity index (χ3v) is 6.60. The fourth-order valence-electron chi connectivity index (χ4n) is 4.51. The standard InChI is InChI=1S/C26H23BrN2O2/c1-2-31-18-13-11-17(12-14-18)25-24-20(19-7-4-6-10-23(19)28-24)15-16-29(25)26(30)21-8-3-5-9-22(21)27/h3-14,25,28H,2,15-16H2,1H3. The smallest absolute Gasteiger partial charge is 0.255 e. The number of nitrogens with one attached hydrogen (secondary N) is 1. The van der Waals surface area contributed by atoms with Crippen molar-refractivity contribution in [3.63, 3.8) is 0 Å². The van der Waals surface area contributed by atoms with Crippen LogP contribution in [0.1, 0.15) is 40.1 Å². The zero-order chi connectivity index (χ0) is 21.4. The van der Waals surface area contributed by atoms with Gasteiger partial charge in [-0.05, 0) is 70.7 Å². The number of aromatic nitrogens is 1. The monoisotopic (exact) mass is 474 g/mol. The number of halogens is 1. The van der Waals surface area contributed by atoms with Crippen molar-refractivity contribution in [3.8, 4) is 5.75 Å². The van der Waals surface area contributed by atoms with Crippen molar-refractivity contribution in [1.82, 2.24) is 9.88 Å². The van der Waals surface area contributed by atoms with Gasteiger partial charge < -0.3 is 14.6 Å². The van der Waals surface area contributed by atoms with Crippen LogP contribution in [0.4, 0.5) is 0 Å². The van der Waals surface area contributed by atoms with Gasteiger partial charge in [0.15, 0.2) is 0 Å². The summed E-state index contributed by atoms with van der Waals surface area (Å²) in [7, 11) is 0. The number of aromatic amines is 1. The first-order valence-electron chi connectivity index (χ1n) is 10.5. The number of para-hydroxylation sites is 1. The molecule has 1 aliphatic rings. The van der Waals surface area contributed by atoms with E-state index in [0.717, 1.165) is 33.4 Å². The third-order valence-electron chi connectivity index (χ3n) is 5.91. The number of nitrogens with zero attached hydrogens (tertiary/aromatic N) is 1. The normalized spacial score (nSPS) is 15.7. The van der Waals surface area contributed by atoms with E-state index in [9.17, 15) is 4.79 Å². The van der Waals surface area contributed by atoms with E-state index in [-0.39, 0.29) is 11.9 Å². The number of hydrogen-bond acceptors (Lipinski definition) is 2. The Balaban J connectivity index is 1.64. The van der Waals surface area contributed by atoms with E-state index < -0.39 is 0 Å². The Hall–Kier alpha value is -3.05. The summed E-state index contributed by atoms with van der Waals surface area (Å²) < 4.78 is 6.44. The summed E-state index contributed by atoms with van der Waals surface area (Å²) >= 11 is 3.55. The van der Waals surface area contributed by atoms with Crippen LogP contribution in [0.15, 0.2) is 77.3 Å². The van der Waals surface area contributed by atoms with Crippen molar-refractivity contribution < 1.29 is 9.53 Å². The maximum absolute atomic E-state index is 13.7. The van der Waals surface area contributed by atoms with Crippen molar-refractivity contribution in [1.29, 1.82) is 0 Å². The molecule has 1 atom stereocenters. The molecule has 1 aliphatic heterocycles. The Kier molecular flexibility index (Phi) is 5.28. The molecule has 1 aromatic heterocycles. The van der Waals surface area contributed by atoms with E-state index in [1.54, 1.807) is 0 Å². The van der Waals surface area contributed by atoms with Crippen LogP contribution in [0.5, 0.6) is 5.75 Å². The van der Waals surface area contributed by atoms with Crippen molar-refractivity contribution >= 4 is 32.7 Å². The second kappa shape index (κ2) is 8.23. The highest BCUT2D eigenvalue weighted by molar-refractivity contribution is 9.10. The van der Waals surface area contributed by atoms with Crippen molar-refractivity contribution in [2.45, 2.75) is 19.4 Å². The minimum atomic E-state index is -0.188. The van der Waals surface area contributed by atoms with E-state index in [1.807, 2.05) is 54.3 Å². The van der Waals surface area contributed by atoms with Crippen molar-refractivity contribution in [2.24, 2.45) is 0 Å². The van der Waals surface area contributed by atoms with E-state index >= 15 is 0 Å². The van der Waals surface area contributed by atoms with Crippen molar-refractivity contribution in [3.05, 3.63) is 99.7 Å². The van der Waals surface area contributed by atoms with Gasteiger partial charge in [-0.25, -0.2) is 0 Å². The number of rotatable bonds is 4. The van der Waals surface area contributed by atoms with Gasteiger partial charge in [0.25, 0.3) is 5.91 Å². The van der Waals surface area contributed by atoms with Crippen LogP contribution in [0.3, 0.4) is 0 Å². The molecule has 0 saturated heterocycles. The molecular formula is C26H23BrN2O2. The quantitative estimate of drug-likeness (QED) is 0.387. The van der Waals surface area contributed by atoms with Crippen LogP contribution in [0.25, 0.3) is 10.9 Å². The van der Waals surface area contributed by atoms with Gasteiger partial charge >= 0.3 is 0 Å². The largest absolute Gasteiger partial charge is 0.494 e.